The molecule has 3 nitrogen and oxygen atoms in total. The average Bonchev–Trinajstić information content (AvgIpc) is 2.39. The van der Waals surface area contributed by atoms with Crippen LogP contribution in [-0.4, -0.2) is 67.7 Å². The van der Waals surface area contributed by atoms with Gasteiger partial charge in [0.05, 0.1) is 12.7 Å². The van der Waals surface area contributed by atoms with Crippen molar-refractivity contribution < 1.29 is 4.74 Å². The van der Waals surface area contributed by atoms with Crippen molar-refractivity contribution in [3.8, 4) is 0 Å². The van der Waals surface area contributed by atoms with Gasteiger partial charge in [-0.1, -0.05) is 6.92 Å². The lowest BCUT2D eigenvalue weighted by molar-refractivity contribution is -0.0457. The molecule has 0 aromatic carbocycles. The molecule has 2 rings (SSSR count). The van der Waals surface area contributed by atoms with Gasteiger partial charge in [-0.2, -0.15) is 0 Å². The first-order valence-corrected chi connectivity index (χ1v) is 7.47. The quantitative estimate of drug-likeness (QED) is 0.715. The molecule has 2 saturated heterocycles. The molecule has 0 aliphatic carbocycles. The molecule has 0 N–H and O–H groups in total. The van der Waals surface area contributed by atoms with Crippen LogP contribution in [0.4, 0.5) is 0 Å². The first kappa shape index (κ1) is 13.6. The van der Waals surface area contributed by atoms with Crippen LogP contribution in [0.1, 0.15) is 19.8 Å². The lowest BCUT2D eigenvalue weighted by Gasteiger charge is -2.38. The van der Waals surface area contributed by atoms with E-state index in [2.05, 4.69) is 16.7 Å². The molecular weight excluding hydrogens is 236 g/mol. The van der Waals surface area contributed by atoms with Crippen molar-refractivity contribution >= 4 is 11.6 Å². The first-order chi connectivity index (χ1) is 8.31. The topological polar surface area (TPSA) is 15.7 Å². The van der Waals surface area contributed by atoms with Crippen LogP contribution in [-0.2, 0) is 4.74 Å². The molecular formula is C13H25ClN2O. The highest BCUT2D eigenvalue weighted by Crippen LogP contribution is 2.18. The summed E-state index contributed by atoms with van der Waals surface area (Å²) in [5, 5.41) is 0. The fourth-order valence-electron chi connectivity index (χ4n) is 2.91. The number of morpholine rings is 1. The maximum absolute atomic E-state index is 5.97. The van der Waals surface area contributed by atoms with E-state index in [0.717, 1.165) is 45.2 Å². The van der Waals surface area contributed by atoms with Crippen molar-refractivity contribution in [3.05, 3.63) is 0 Å². The number of hydrogen-bond donors (Lipinski definition) is 0. The van der Waals surface area contributed by atoms with Crippen molar-refractivity contribution in [3.63, 3.8) is 0 Å². The van der Waals surface area contributed by atoms with E-state index in [1.807, 2.05) is 0 Å². The Balaban J connectivity index is 1.75. The molecule has 0 bridgehead atoms. The van der Waals surface area contributed by atoms with Gasteiger partial charge >= 0.3 is 0 Å². The fourth-order valence-corrected chi connectivity index (χ4v) is 3.16. The number of nitrogens with zero attached hydrogens (tertiary/aromatic N) is 2. The lowest BCUT2D eigenvalue weighted by Crippen LogP contribution is -2.49. The second kappa shape index (κ2) is 6.93. The summed E-state index contributed by atoms with van der Waals surface area (Å²) in [5.74, 6) is 1.50. The van der Waals surface area contributed by atoms with E-state index < -0.39 is 0 Å². The van der Waals surface area contributed by atoms with Gasteiger partial charge in [-0.15, -0.1) is 11.6 Å². The van der Waals surface area contributed by atoms with Crippen LogP contribution >= 0.6 is 11.6 Å². The zero-order valence-electron chi connectivity index (χ0n) is 10.9. The van der Waals surface area contributed by atoms with Crippen molar-refractivity contribution in [1.82, 2.24) is 9.80 Å². The van der Waals surface area contributed by atoms with Gasteiger partial charge in [-0.05, 0) is 31.8 Å². The smallest absolute Gasteiger partial charge is 0.0829 e. The Labute approximate surface area is 110 Å². The normalized spacial score (nSPS) is 32.8. The third kappa shape index (κ3) is 4.09. The number of ether oxygens (including phenoxy) is 1. The van der Waals surface area contributed by atoms with Crippen LogP contribution in [0.2, 0.25) is 0 Å². The summed E-state index contributed by atoms with van der Waals surface area (Å²) in [4.78, 5) is 5.03. The maximum atomic E-state index is 5.97. The van der Waals surface area contributed by atoms with E-state index in [4.69, 9.17) is 16.3 Å². The van der Waals surface area contributed by atoms with Crippen molar-refractivity contribution in [2.75, 3.05) is 51.8 Å². The van der Waals surface area contributed by atoms with Gasteiger partial charge in [0.25, 0.3) is 0 Å². The molecule has 2 atom stereocenters. The largest absolute Gasteiger partial charge is 0.374 e. The SMILES string of the molecule is CCN1CCOC(CN2CCCC(CCl)C2)C1. The van der Waals surface area contributed by atoms with Crippen molar-refractivity contribution in [1.29, 1.82) is 0 Å². The van der Waals surface area contributed by atoms with E-state index in [1.165, 1.54) is 19.4 Å². The summed E-state index contributed by atoms with van der Waals surface area (Å²) in [5.41, 5.74) is 0. The Morgan fingerprint density at radius 2 is 2.12 bits per heavy atom. The molecule has 17 heavy (non-hydrogen) atoms. The summed E-state index contributed by atoms with van der Waals surface area (Å²) < 4.78 is 5.87. The standard InChI is InChI=1S/C13H25ClN2O/c1-2-15-6-7-17-13(10-15)11-16-5-3-4-12(8-14)9-16/h12-13H,2-11H2,1H3. The number of likely N-dealkylation sites (N-methyl/N-ethyl adjacent to an activating group) is 1. The summed E-state index contributed by atoms with van der Waals surface area (Å²) in [6.07, 6.45) is 2.99. The number of hydrogen-bond acceptors (Lipinski definition) is 3. The van der Waals surface area contributed by atoms with Gasteiger partial charge in [0.1, 0.15) is 0 Å². The van der Waals surface area contributed by atoms with Gasteiger partial charge in [0.15, 0.2) is 0 Å². The second-order valence-corrected chi connectivity index (χ2v) is 5.62. The fraction of sp³-hybridized carbons (Fsp3) is 1.00. The third-order valence-corrected chi connectivity index (χ3v) is 4.39. The minimum absolute atomic E-state index is 0.401. The number of likely N-dealkylation sites (tertiary alicyclic amines) is 1. The molecule has 0 aromatic rings. The number of piperidine rings is 1. The molecule has 0 amide bonds. The highest BCUT2D eigenvalue weighted by Gasteiger charge is 2.25. The summed E-state index contributed by atoms with van der Waals surface area (Å²) in [7, 11) is 0. The lowest BCUT2D eigenvalue weighted by atomic mass is 10.00. The first-order valence-electron chi connectivity index (χ1n) is 6.94. The predicted octanol–water partition coefficient (Wildman–Crippen LogP) is 1.66. The van der Waals surface area contributed by atoms with E-state index >= 15 is 0 Å². The van der Waals surface area contributed by atoms with Gasteiger partial charge in [0.2, 0.25) is 0 Å². The molecule has 2 aliphatic rings. The van der Waals surface area contributed by atoms with E-state index in [-0.39, 0.29) is 0 Å². The zero-order valence-corrected chi connectivity index (χ0v) is 11.7. The molecule has 0 radical (unpaired) electrons. The Hall–Kier alpha value is 0.170. The van der Waals surface area contributed by atoms with Gasteiger partial charge in [0, 0.05) is 32.1 Å². The van der Waals surface area contributed by atoms with E-state index in [0.29, 0.717) is 12.0 Å². The van der Waals surface area contributed by atoms with Crippen molar-refractivity contribution in [2.45, 2.75) is 25.9 Å². The minimum atomic E-state index is 0.401. The zero-order chi connectivity index (χ0) is 12.1. The third-order valence-electron chi connectivity index (χ3n) is 3.95. The summed E-state index contributed by atoms with van der Waals surface area (Å²) >= 11 is 5.97. The van der Waals surface area contributed by atoms with E-state index in [9.17, 15) is 0 Å². The molecule has 2 fully saturated rings. The molecule has 2 heterocycles. The molecule has 4 heteroatoms. The van der Waals surface area contributed by atoms with Crippen LogP contribution < -0.4 is 0 Å². The molecule has 0 spiro atoms. The predicted molar refractivity (Wildman–Crippen MR) is 71.7 cm³/mol. The van der Waals surface area contributed by atoms with Gasteiger partial charge < -0.3 is 9.64 Å². The second-order valence-electron chi connectivity index (χ2n) is 5.31. The Kier molecular flexibility index (Phi) is 5.54. The Bertz CT molecular complexity index is 205. The van der Waals surface area contributed by atoms with E-state index in [1.54, 1.807) is 0 Å². The maximum Gasteiger partial charge on any atom is 0.0829 e. The summed E-state index contributed by atoms with van der Waals surface area (Å²) in [6.45, 7) is 9.93. The van der Waals surface area contributed by atoms with Crippen molar-refractivity contribution in [2.24, 2.45) is 5.92 Å². The van der Waals surface area contributed by atoms with Crippen LogP contribution in [0.3, 0.4) is 0 Å². The molecule has 2 aliphatic heterocycles. The number of alkyl halides is 1. The molecule has 0 saturated carbocycles. The minimum Gasteiger partial charge on any atom is -0.374 e. The van der Waals surface area contributed by atoms with Crippen LogP contribution in [0.5, 0.6) is 0 Å². The Morgan fingerprint density at radius 1 is 1.24 bits per heavy atom. The highest BCUT2D eigenvalue weighted by molar-refractivity contribution is 6.18. The number of rotatable bonds is 4. The van der Waals surface area contributed by atoms with Gasteiger partial charge in [-0.25, -0.2) is 0 Å². The van der Waals surface area contributed by atoms with Crippen LogP contribution in [0.25, 0.3) is 0 Å². The Morgan fingerprint density at radius 3 is 2.88 bits per heavy atom. The van der Waals surface area contributed by atoms with Gasteiger partial charge in [-0.3, -0.25) is 4.90 Å². The highest BCUT2D eigenvalue weighted by atomic mass is 35.5. The molecule has 100 valence electrons. The number of halogens is 1. The molecule has 0 aromatic heterocycles. The van der Waals surface area contributed by atoms with Crippen LogP contribution in [0.15, 0.2) is 0 Å². The summed E-state index contributed by atoms with van der Waals surface area (Å²) in [6, 6.07) is 0. The van der Waals surface area contributed by atoms with Crippen LogP contribution in [0, 0.1) is 5.92 Å². The average molecular weight is 261 g/mol. The molecule has 2 unspecified atom stereocenters. The monoisotopic (exact) mass is 260 g/mol.